The highest BCUT2D eigenvalue weighted by molar-refractivity contribution is 8.00. The van der Waals surface area contributed by atoms with Crippen LogP contribution in [0.2, 0.25) is 0 Å². The van der Waals surface area contributed by atoms with E-state index < -0.39 is 0 Å². The number of aromatic nitrogens is 5. The molecular formula is C27H29N5OS. The molecule has 0 aliphatic rings. The Labute approximate surface area is 204 Å². The molecule has 4 aromatic rings. The number of ketones is 1. The maximum absolute atomic E-state index is 13.2. The van der Waals surface area contributed by atoms with Crippen molar-refractivity contribution < 1.29 is 4.79 Å². The quantitative estimate of drug-likeness (QED) is 0.343. The van der Waals surface area contributed by atoms with E-state index in [1.54, 1.807) is 11.8 Å². The van der Waals surface area contributed by atoms with Gasteiger partial charge in [-0.15, -0.1) is 22.0 Å². The number of aromatic amines is 1. The van der Waals surface area contributed by atoms with Crippen LogP contribution in [0.5, 0.6) is 0 Å². The molecule has 1 N–H and O–H groups in total. The molecule has 2 aromatic heterocycles. The number of nitrogens with one attached hydrogen (secondary N) is 1. The number of tetrazole rings is 1. The first kappa shape index (κ1) is 23.8. The molecule has 0 saturated heterocycles. The van der Waals surface area contributed by atoms with Crippen LogP contribution in [0.25, 0.3) is 22.5 Å². The van der Waals surface area contributed by atoms with Crippen LogP contribution < -0.4 is 0 Å². The molecule has 34 heavy (non-hydrogen) atoms. The Bertz CT molecular complexity index is 1310. The third-order valence-corrected chi connectivity index (χ3v) is 6.60. The number of carbonyl (C=O) groups excluding carboxylic acids is 1. The van der Waals surface area contributed by atoms with Gasteiger partial charge < -0.3 is 0 Å². The van der Waals surface area contributed by atoms with Crippen molar-refractivity contribution in [1.82, 2.24) is 25.6 Å². The minimum atomic E-state index is -0.0254. The summed E-state index contributed by atoms with van der Waals surface area (Å²) in [6.45, 7) is 10.6. The molecule has 0 spiro atoms. The number of aryl methyl sites for hydroxylation is 2. The number of nitrogens with zero attached hydrogens (tertiary/aromatic N) is 4. The smallest absolute Gasteiger partial charge is 0.205 e. The number of hydrogen-bond donors (Lipinski definition) is 1. The number of thioether (sulfide) groups is 1. The van der Waals surface area contributed by atoms with E-state index in [0.29, 0.717) is 18.7 Å². The summed E-state index contributed by atoms with van der Waals surface area (Å²) in [5.74, 6) is 0.698. The van der Waals surface area contributed by atoms with Gasteiger partial charge in [0.15, 0.2) is 0 Å². The second-order valence-corrected chi connectivity index (χ2v) is 11.3. The second-order valence-electron chi connectivity index (χ2n) is 9.51. The number of rotatable bonds is 7. The Morgan fingerprint density at radius 1 is 0.971 bits per heavy atom. The van der Waals surface area contributed by atoms with E-state index >= 15 is 0 Å². The van der Waals surface area contributed by atoms with Gasteiger partial charge in [-0.05, 0) is 47.4 Å². The van der Waals surface area contributed by atoms with Gasteiger partial charge in [0, 0.05) is 34.9 Å². The number of Topliss-reactive ketones (excluding diaryl/α,β-unsaturated/α-hetero) is 1. The topological polar surface area (TPSA) is 84.4 Å². The molecule has 6 nitrogen and oxygen atoms in total. The van der Waals surface area contributed by atoms with Crippen LogP contribution in [0.3, 0.4) is 0 Å². The lowest BCUT2D eigenvalue weighted by atomic mass is 9.96. The zero-order chi connectivity index (χ0) is 24.3. The van der Waals surface area contributed by atoms with Crippen LogP contribution in [-0.4, -0.2) is 36.1 Å². The molecule has 0 aliphatic carbocycles. The van der Waals surface area contributed by atoms with Gasteiger partial charge >= 0.3 is 0 Å². The number of H-pyrrole nitrogens is 1. The van der Waals surface area contributed by atoms with Gasteiger partial charge in [-0.3, -0.25) is 4.79 Å². The molecule has 0 aliphatic heterocycles. The van der Waals surface area contributed by atoms with E-state index in [1.807, 2.05) is 30.5 Å². The van der Waals surface area contributed by atoms with Crippen molar-refractivity contribution in [2.45, 2.75) is 57.2 Å². The zero-order valence-electron chi connectivity index (χ0n) is 20.2. The largest absolute Gasteiger partial charge is 0.299 e. The van der Waals surface area contributed by atoms with Crippen LogP contribution >= 0.6 is 11.8 Å². The maximum atomic E-state index is 13.2. The lowest BCUT2D eigenvalue weighted by Gasteiger charge is -2.20. The first-order valence-corrected chi connectivity index (χ1v) is 12.1. The summed E-state index contributed by atoms with van der Waals surface area (Å²) in [6, 6.07) is 16.2. The highest BCUT2D eigenvalue weighted by Crippen LogP contribution is 2.36. The highest BCUT2D eigenvalue weighted by Gasteiger charge is 2.20. The van der Waals surface area contributed by atoms with E-state index in [-0.39, 0.29) is 10.5 Å². The molecule has 174 valence electrons. The van der Waals surface area contributed by atoms with Crippen LogP contribution in [0.15, 0.2) is 59.8 Å². The van der Waals surface area contributed by atoms with Crippen LogP contribution in [-0.2, 0) is 17.6 Å². The van der Waals surface area contributed by atoms with Gasteiger partial charge in [-0.25, -0.2) is 4.98 Å². The predicted molar refractivity (Wildman–Crippen MR) is 137 cm³/mol. The number of benzene rings is 2. The van der Waals surface area contributed by atoms with E-state index in [1.165, 1.54) is 5.56 Å². The maximum Gasteiger partial charge on any atom is 0.205 e. The monoisotopic (exact) mass is 471 g/mol. The van der Waals surface area contributed by atoms with Gasteiger partial charge in [0.25, 0.3) is 0 Å². The van der Waals surface area contributed by atoms with Gasteiger partial charge in [-0.2, -0.15) is 5.21 Å². The first-order valence-electron chi connectivity index (χ1n) is 11.3. The minimum absolute atomic E-state index is 0.0254. The predicted octanol–water partition coefficient (Wildman–Crippen LogP) is 5.79. The van der Waals surface area contributed by atoms with Crippen LogP contribution in [0.1, 0.15) is 43.0 Å². The van der Waals surface area contributed by atoms with Gasteiger partial charge in [-0.1, -0.05) is 68.8 Å². The lowest BCUT2D eigenvalue weighted by molar-refractivity contribution is -0.117. The molecule has 4 rings (SSSR count). The Morgan fingerprint density at radius 3 is 2.38 bits per heavy atom. The molecule has 0 bridgehead atoms. The molecule has 0 unspecified atom stereocenters. The van der Waals surface area contributed by atoms with E-state index in [0.717, 1.165) is 38.4 Å². The summed E-state index contributed by atoms with van der Waals surface area (Å²) in [4.78, 5) is 18.0. The summed E-state index contributed by atoms with van der Waals surface area (Å²) in [6.07, 6.45) is 2.61. The first-order chi connectivity index (χ1) is 16.2. The normalized spacial score (nSPS) is 11.6. The van der Waals surface area contributed by atoms with Gasteiger partial charge in [0.05, 0.1) is 0 Å². The molecular weight excluding hydrogens is 442 g/mol. The minimum Gasteiger partial charge on any atom is -0.299 e. The summed E-state index contributed by atoms with van der Waals surface area (Å²) in [5.41, 5.74) is 7.11. The average Bonchev–Trinajstić information content (AvgIpc) is 3.31. The standard InChI is InChI=1S/C27H29N5OS/c1-17-10-11-19(18(2)12-17)14-22(33)15-20-13-21(16-28-26(20)34-27(3,4)5)23-8-6-7-9-24(23)25-29-31-32-30-25/h6-13,16H,14-15H2,1-5H3,(H,29,30,31,32). The van der Waals surface area contributed by atoms with E-state index in [2.05, 4.69) is 79.5 Å². The summed E-state index contributed by atoms with van der Waals surface area (Å²) < 4.78 is -0.0254. The van der Waals surface area contributed by atoms with Crippen molar-refractivity contribution in [2.24, 2.45) is 0 Å². The van der Waals surface area contributed by atoms with Crippen molar-refractivity contribution in [3.05, 3.63) is 77.0 Å². The Kier molecular flexibility index (Phi) is 6.93. The summed E-state index contributed by atoms with van der Waals surface area (Å²) in [5, 5.41) is 15.4. The van der Waals surface area contributed by atoms with Crippen molar-refractivity contribution >= 4 is 17.5 Å². The van der Waals surface area contributed by atoms with Crippen molar-refractivity contribution in [3.63, 3.8) is 0 Å². The van der Waals surface area contributed by atoms with Crippen molar-refractivity contribution in [3.8, 4) is 22.5 Å². The third-order valence-electron chi connectivity index (χ3n) is 5.43. The van der Waals surface area contributed by atoms with Gasteiger partial charge in [0.1, 0.15) is 10.8 Å². The zero-order valence-corrected chi connectivity index (χ0v) is 21.0. The summed E-state index contributed by atoms with van der Waals surface area (Å²) >= 11 is 1.68. The number of carbonyl (C=O) groups is 1. The molecule has 0 atom stereocenters. The molecule has 0 fully saturated rings. The van der Waals surface area contributed by atoms with E-state index in [9.17, 15) is 4.79 Å². The fraction of sp³-hybridized carbons (Fsp3) is 0.296. The Morgan fingerprint density at radius 2 is 1.71 bits per heavy atom. The third kappa shape index (κ3) is 5.78. The van der Waals surface area contributed by atoms with Crippen molar-refractivity contribution in [2.75, 3.05) is 0 Å². The molecule has 2 heterocycles. The fourth-order valence-corrected chi connectivity index (χ4v) is 4.84. The Balaban J connectivity index is 1.69. The average molecular weight is 472 g/mol. The van der Waals surface area contributed by atoms with E-state index in [4.69, 9.17) is 4.98 Å². The molecule has 0 saturated carbocycles. The van der Waals surface area contributed by atoms with Crippen LogP contribution in [0.4, 0.5) is 0 Å². The van der Waals surface area contributed by atoms with Crippen molar-refractivity contribution in [1.29, 1.82) is 0 Å². The highest BCUT2D eigenvalue weighted by atomic mass is 32.2. The summed E-state index contributed by atoms with van der Waals surface area (Å²) in [7, 11) is 0. The molecule has 2 aromatic carbocycles. The molecule has 0 amide bonds. The fourth-order valence-electron chi connectivity index (χ4n) is 3.89. The Hall–Kier alpha value is -3.32. The van der Waals surface area contributed by atoms with Gasteiger partial charge in [0.2, 0.25) is 5.82 Å². The SMILES string of the molecule is Cc1ccc(CC(=O)Cc2cc(-c3ccccc3-c3nn[nH]n3)cnc2SC(C)(C)C)c(C)c1. The van der Waals surface area contributed by atoms with Crippen LogP contribution in [0, 0.1) is 13.8 Å². The number of pyridine rings is 1. The molecule has 0 radical (unpaired) electrons. The second kappa shape index (κ2) is 9.89. The molecule has 7 heteroatoms. The number of hydrogen-bond acceptors (Lipinski definition) is 6. The lowest BCUT2D eigenvalue weighted by Crippen LogP contribution is -2.12.